The fourth-order valence-electron chi connectivity index (χ4n) is 3.40. The topological polar surface area (TPSA) is 106 Å². The minimum Gasteiger partial charge on any atom is -0.489 e. The molecule has 0 saturated carbocycles. The van der Waals surface area contributed by atoms with Gasteiger partial charge in [-0.25, -0.2) is 0 Å². The first-order valence-electron chi connectivity index (χ1n) is 10.6. The van der Waals surface area contributed by atoms with Crippen molar-refractivity contribution in [2.24, 2.45) is 0 Å². The smallest absolute Gasteiger partial charge is 0.121 e. The van der Waals surface area contributed by atoms with Crippen molar-refractivity contribution >= 4 is 17.1 Å². The van der Waals surface area contributed by atoms with E-state index in [1.54, 1.807) is 18.2 Å². The van der Waals surface area contributed by atoms with Crippen molar-refractivity contribution in [1.82, 2.24) is 0 Å². The molecule has 0 aliphatic heterocycles. The molecule has 0 bridgehead atoms. The van der Waals surface area contributed by atoms with Gasteiger partial charge >= 0.3 is 0 Å². The number of anilines is 3. The largest absolute Gasteiger partial charge is 0.489 e. The summed E-state index contributed by atoms with van der Waals surface area (Å²) in [6.07, 6.45) is 0. The van der Waals surface area contributed by atoms with Gasteiger partial charge in [-0.2, -0.15) is 0 Å². The van der Waals surface area contributed by atoms with Crippen molar-refractivity contribution in [2.45, 2.75) is 19.8 Å². The first kappa shape index (κ1) is 21.9. The van der Waals surface area contributed by atoms with Crippen LogP contribution in [0.15, 0.2) is 91.0 Å². The molecule has 0 saturated heterocycles. The zero-order valence-corrected chi connectivity index (χ0v) is 18.2. The summed E-state index contributed by atoms with van der Waals surface area (Å²) in [5.41, 5.74) is 22.5. The Bertz CT molecular complexity index is 1060. The van der Waals surface area contributed by atoms with E-state index in [0.717, 1.165) is 16.7 Å². The molecule has 4 rings (SSSR count). The third kappa shape index (κ3) is 6.58. The first-order valence-corrected chi connectivity index (χ1v) is 10.6. The van der Waals surface area contributed by atoms with Crippen LogP contribution in [0.25, 0.3) is 0 Å². The van der Waals surface area contributed by atoms with Crippen molar-refractivity contribution in [3.63, 3.8) is 0 Å². The molecule has 0 aliphatic carbocycles. The molecular weight excluding hydrogens is 414 g/mol. The number of nitrogen functional groups attached to an aromatic ring is 3. The normalized spacial score (nSPS) is 10.5. The highest BCUT2D eigenvalue weighted by atomic mass is 16.5. The molecule has 6 nitrogen and oxygen atoms in total. The van der Waals surface area contributed by atoms with Gasteiger partial charge in [0.2, 0.25) is 0 Å². The zero-order chi connectivity index (χ0) is 23.0. The summed E-state index contributed by atoms with van der Waals surface area (Å²) < 4.78 is 17.8. The van der Waals surface area contributed by atoms with Crippen LogP contribution in [0.4, 0.5) is 17.1 Å². The Morgan fingerprint density at radius 3 is 1.00 bits per heavy atom. The van der Waals surface area contributed by atoms with Gasteiger partial charge in [0.05, 0.1) is 0 Å². The van der Waals surface area contributed by atoms with Crippen LogP contribution in [0.3, 0.4) is 0 Å². The van der Waals surface area contributed by atoms with Crippen LogP contribution < -0.4 is 31.4 Å². The molecule has 4 aromatic rings. The van der Waals surface area contributed by atoms with E-state index >= 15 is 0 Å². The van der Waals surface area contributed by atoms with Gasteiger partial charge in [0.1, 0.15) is 37.1 Å². The van der Waals surface area contributed by atoms with E-state index in [2.05, 4.69) is 18.2 Å². The van der Waals surface area contributed by atoms with Crippen LogP contribution in [0.5, 0.6) is 17.2 Å². The maximum atomic E-state index is 5.95. The zero-order valence-electron chi connectivity index (χ0n) is 18.2. The highest BCUT2D eigenvalue weighted by molar-refractivity contribution is 5.45. The lowest BCUT2D eigenvalue weighted by Crippen LogP contribution is -2.04. The molecule has 0 heterocycles. The second-order valence-electron chi connectivity index (χ2n) is 7.74. The average molecular weight is 442 g/mol. The summed E-state index contributed by atoms with van der Waals surface area (Å²) in [4.78, 5) is 0. The maximum absolute atomic E-state index is 5.95. The Morgan fingerprint density at radius 2 is 0.727 bits per heavy atom. The molecule has 0 aliphatic rings. The van der Waals surface area contributed by atoms with Gasteiger partial charge in [0, 0.05) is 35.3 Å². The molecule has 168 valence electrons. The summed E-state index contributed by atoms with van der Waals surface area (Å²) in [6.45, 7) is 1.17. The Labute approximate surface area is 193 Å². The van der Waals surface area contributed by atoms with Crippen LogP contribution in [0.1, 0.15) is 16.7 Å². The van der Waals surface area contributed by atoms with Crippen molar-refractivity contribution in [3.05, 3.63) is 108 Å². The Morgan fingerprint density at radius 1 is 0.424 bits per heavy atom. The number of hydrogen-bond acceptors (Lipinski definition) is 6. The molecule has 6 heteroatoms. The molecule has 0 unspecified atom stereocenters. The van der Waals surface area contributed by atoms with Crippen molar-refractivity contribution in [2.75, 3.05) is 17.2 Å². The van der Waals surface area contributed by atoms with Crippen LogP contribution in [0, 0.1) is 0 Å². The summed E-state index contributed by atoms with van der Waals surface area (Å²) in [7, 11) is 0. The molecule has 0 radical (unpaired) electrons. The molecule has 0 aromatic heterocycles. The van der Waals surface area contributed by atoms with E-state index < -0.39 is 0 Å². The van der Waals surface area contributed by atoms with Crippen LogP contribution in [-0.2, 0) is 19.8 Å². The van der Waals surface area contributed by atoms with Crippen molar-refractivity contribution in [3.8, 4) is 17.2 Å². The number of nitrogens with two attached hydrogens (primary N) is 3. The lowest BCUT2D eigenvalue weighted by atomic mass is 10.1. The molecule has 0 fully saturated rings. The molecule has 4 aromatic carbocycles. The van der Waals surface area contributed by atoms with Crippen LogP contribution >= 0.6 is 0 Å². The summed E-state index contributed by atoms with van der Waals surface area (Å²) in [5, 5.41) is 0. The Kier molecular flexibility index (Phi) is 6.85. The van der Waals surface area contributed by atoms with E-state index in [9.17, 15) is 0 Å². The van der Waals surface area contributed by atoms with Gasteiger partial charge in [0.25, 0.3) is 0 Å². The average Bonchev–Trinajstić information content (AvgIpc) is 2.80. The van der Waals surface area contributed by atoms with Crippen molar-refractivity contribution in [1.29, 1.82) is 0 Å². The van der Waals surface area contributed by atoms with E-state index in [4.69, 9.17) is 31.4 Å². The summed E-state index contributed by atoms with van der Waals surface area (Å²) in [5.74, 6) is 2.15. The molecule has 33 heavy (non-hydrogen) atoms. The minimum atomic E-state index is 0.390. The second kappa shape index (κ2) is 10.3. The number of hydrogen-bond donors (Lipinski definition) is 3. The molecule has 0 spiro atoms. The van der Waals surface area contributed by atoms with Gasteiger partial charge < -0.3 is 31.4 Å². The summed E-state index contributed by atoms with van der Waals surface area (Å²) in [6, 6.07) is 28.3. The lowest BCUT2D eigenvalue weighted by Gasteiger charge is -2.13. The van der Waals surface area contributed by atoms with Gasteiger partial charge in [-0.1, -0.05) is 18.2 Å². The van der Waals surface area contributed by atoms with Gasteiger partial charge in [-0.3, -0.25) is 0 Å². The highest BCUT2D eigenvalue weighted by Crippen LogP contribution is 2.22. The van der Waals surface area contributed by atoms with Gasteiger partial charge in [-0.05, 0) is 71.3 Å². The fraction of sp³-hybridized carbons (Fsp3) is 0.111. The van der Waals surface area contributed by atoms with Gasteiger partial charge in [-0.15, -0.1) is 0 Å². The Hall–Kier alpha value is -4.32. The van der Waals surface area contributed by atoms with Gasteiger partial charge in [0.15, 0.2) is 0 Å². The van der Waals surface area contributed by atoms with Crippen molar-refractivity contribution < 1.29 is 14.2 Å². The van der Waals surface area contributed by atoms with Crippen LogP contribution in [0.2, 0.25) is 0 Å². The third-order valence-corrected chi connectivity index (χ3v) is 4.90. The lowest BCUT2D eigenvalue weighted by molar-refractivity contribution is 0.293. The first-order chi connectivity index (χ1) is 16.0. The number of rotatable bonds is 9. The van der Waals surface area contributed by atoms with E-state index in [1.807, 2.05) is 54.6 Å². The minimum absolute atomic E-state index is 0.390. The predicted molar refractivity (Wildman–Crippen MR) is 132 cm³/mol. The molecule has 6 N–H and O–H groups in total. The third-order valence-electron chi connectivity index (χ3n) is 4.90. The molecule has 0 atom stereocenters. The number of benzene rings is 4. The maximum Gasteiger partial charge on any atom is 0.121 e. The SMILES string of the molecule is Nc1cccc(OCc2cc(COc3cccc(N)c3)cc(COc3cccc(N)c3)c2)c1. The standard InChI is InChI=1S/C27H27N3O3/c28-22-4-1-7-25(13-22)31-16-19-10-20(17-32-26-8-2-5-23(29)14-26)12-21(11-19)18-33-27-9-3-6-24(30)15-27/h1-15H,16-18,28-30H2. The summed E-state index contributed by atoms with van der Waals surface area (Å²) >= 11 is 0. The monoisotopic (exact) mass is 441 g/mol. The fourth-order valence-corrected chi connectivity index (χ4v) is 3.40. The predicted octanol–water partition coefficient (Wildman–Crippen LogP) is 5.17. The molecule has 0 amide bonds. The quantitative estimate of drug-likeness (QED) is 0.309. The Balaban J connectivity index is 1.50. The second-order valence-corrected chi connectivity index (χ2v) is 7.74. The van der Waals surface area contributed by atoms with Crippen LogP contribution in [-0.4, -0.2) is 0 Å². The highest BCUT2D eigenvalue weighted by Gasteiger charge is 2.06. The van der Waals surface area contributed by atoms with E-state index in [0.29, 0.717) is 54.1 Å². The van der Waals surface area contributed by atoms with E-state index in [1.165, 1.54) is 0 Å². The van der Waals surface area contributed by atoms with E-state index in [-0.39, 0.29) is 0 Å². The molecular formula is C27H27N3O3. The number of ether oxygens (including phenoxy) is 3.